The molecule has 2 rings (SSSR count). The molecule has 0 amide bonds. The Balaban J connectivity index is 0.00000338. The molecule has 5 nitrogen and oxygen atoms in total. The van der Waals surface area contributed by atoms with Gasteiger partial charge in [0.15, 0.2) is 5.96 Å². The van der Waals surface area contributed by atoms with Gasteiger partial charge in [0.1, 0.15) is 5.75 Å². The number of ether oxygens (including phenoxy) is 2. The summed E-state index contributed by atoms with van der Waals surface area (Å²) in [6, 6.07) is 16.3. The Morgan fingerprint density at radius 2 is 1.69 bits per heavy atom. The lowest BCUT2D eigenvalue weighted by molar-refractivity contribution is 0.185. The van der Waals surface area contributed by atoms with Crippen LogP contribution in [0.3, 0.4) is 0 Å². The molecule has 6 heteroatoms. The van der Waals surface area contributed by atoms with E-state index in [4.69, 9.17) is 9.47 Å². The summed E-state index contributed by atoms with van der Waals surface area (Å²) in [5.74, 6) is 1.65. The van der Waals surface area contributed by atoms with E-state index >= 15 is 0 Å². The molecule has 0 saturated carbocycles. The topological polar surface area (TPSA) is 54.9 Å². The van der Waals surface area contributed by atoms with E-state index in [1.165, 1.54) is 11.1 Å². The molecule has 0 aliphatic rings. The van der Waals surface area contributed by atoms with Crippen LogP contribution in [0, 0.1) is 0 Å². The molecule has 0 spiro atoms. The molecule has 2 aromatic rings. The first-order valence-electron chi connectivity index (χ1n) is 8.47. The highest BCUT2D eigenvalue weighted by molar-refractivity contribution is 14.0. The fraction of sp³-hybridized carbons (Fsp3) is 0.350. The molecule has 0 saturated heterocycles. The Morgan fingerprint density at radius 1 is 0.962 bits per heavy atom. The Labute approximate surface area is 173 Å². The van der Waals surface area contributed by atoms with E-state index in [9.17, 15) is 0 Å². The molecular weight excluding hydrogens is 441 g/mol. The van der Waals surface area contributed by atoms with Gasteiger partial charge in [0.2, 0.25) is 0 Å². The molecule has 0 atom stereocenters. The highest BCUT2D eigenvalue weighted by Crippen LogP contribution is 2.13. The third-order valence-electron chi connectivity index (χ3n) is 3.69. The van der Waals surface area contributed by atoms with Crippen molar-refractivity contribution in [1.82, 2.24) is 10.6 Å². The maximum atomic E-state index is 5.25. The molecule has 0 aromatic heterocycles. The molecule has 26 heavy (non-hydrogen) atoms. The molecule has 0 fully saturated rings. The summed E-state index contributed by atoms with van der Waals surface area (Å²) in [6.07, 6.45) is 0. The first-order valence-corrected chi connectivity index (χ1v) is 8.47. The van der Waals surface area contributed by atoms with Gasteiger partial charge >= 0.3 is 0 Å². The number of halogens is 1. The van der Waals surface area contributed by atoms with Crippen LogP contribution in [0.25, 0.3) is 0 Å². The van der Waals surface area contributed by atoms with Crippen LogP contribution >= 0.6 is 24.0 Å². The third kappa shape index (κ3) is 7.61. The predicted molar refractivity (Wildman–Crippen MR) is 117 cm³/mol. The Bertz CT molecular complexity index is 675. The van der Waals surface area contributed by atoms with Crippen LogP contribution in [0.15, 0.2) is 53.5 Å². The van der Waals surface area contributed by atoms with Gasteiger partial charge in [-0.25, -0.2) is 4.99 Å². The number of hydrogen-bond donors (Lipinski definition) is 2. The highest BCUT2D eigenvalue weighted by atomic mass is 127. The van der Waals surface area contributed by atoms with E-state index in [0.29, 0.717) is 13.2 Å². The number of aliphatic imine (C=N–C) groups is 1. The lowest BCUT2D eigenvalue weighted by Gasteiger charge is -2.12. The van der Waals surface area contributed by atoms with Gasteiger partial charge < -0.3 is 20.1 Å². The van der Waals surface area contributed by atoms with Crippen LogP contribution in [-0.4, -0.2) is 26.7 Å². The number of guanidine groups is 1. The number of benzene rings is 2. The molecule has 0 aliphatic heterocycles. The summed E-state index contributed by atoms with van der Waals surface area (Å²) in [4.78, 5) is 4.64. The minimum Gasteiger partial charge on any atom is -0.497 e. The van der Waals surface area contributed by atoms with Crippen molar-refractivity contribution < 1.29 is 9.47 Å². The van der Waals surface area contributed by atoms with Crippen molar-refractivity contribution in [2.45, 2.75) is 26.6 Å². The van der Waals surface area contributed by atoms with E-state index < -0.39 is 0 Å². The van der Waals surface area contributed by atoms with Crippen LogP contribution in [0.1, 0.15) is 23.6 Å². The zero-order chi connectivity index (χ0) is 17.9. The molecule has 0 aliphatic carbocycles. The molecule has 142 valence electrons. The SMILES string of the molecule is CCNC(=NCc1cccc(OC)c1)NCc1ccc(COC)cc1.I. The Hall–Kier alpha value is -1.80. The maximum Gasteiger partial charge on any atom is 0.191 e. The lowest BCUT2D eigenvalue weighted by Crippen LogP contribution is -2.36. The molecule has 0 radical (unpaired) electrons. The molecular formula is C20H28IN3O2. The second-order valence-electron chi connectivity index (χ2n) is 5.65. The number of methoxy groups -OCH3 is 2. The summed E-state index contributed by atoms with van der Waals surface area (Å²) < 4.78 is 10.4. The van der Waals surface area contributed by atoms with Gasteiger partial charge in [0.25, 0.3) is 0 Å². The standard InChI is InChI=1S/C20H27N3O2.HI/c1-4-21-20(23-14-18-6-5-7-19(12-18)25-3)22-13-16-8-10-17(11-9-16)15-24-2;/h5-12H,4,13-15H2,1-3H3,(H2,21,22,23);1H. The lowest BCUT2D eigenvalue weighted by atomic mass is 10.1. The van der Waals surface area contributed by atoms with E-state index in [1.54, 1.807) is 14.2 Å². The average molecular weight is 469 g/mol. The molecule has 0 unspecified atom stereocenters. The summed E-state index contributed by atoms with van der Waals surface area (Å²) in [5.41, 5.74) is 3.48. The maximum absolute atomic E-state index is 5.25. The molecule has 2 N–H and O–H groups in total. The van der Waals surface area contributed by atoms with Crippen molar-refractivity contribution >= 4 is 29.9 Å². The van der Waals surface area contributed by atoms with Crippen molar-refractivity contribution in [3.05, 3.63) is 65.2 Å². The number of nitrogens with zero attached hydrogens (tertiary/aromatic N) is 1. The van der Waals surface area contributed by atoms with Gasteiger partial charge in [-0.1, -0.05) is 36.4 Å². The summed E-state index contributed by atoms with van der Waals surface area (Å²) >= 11 is 0. The average Bonchev–Trinajstić information content (AvgIpc) is 2.65. The van der Waals surface area contributed by atoms with Crippen molar-refractivity contribution in [2.24, 2.45) is 4.99 Å². The predicted octanol–water partition coefficient (Wildman–Crippen LogP) is 3.71. The minimum atomic E-state index is 0. The van der Waals surface area contributed by atoms with E-state index in [-0.39, 0.29) is 24.0 Å². The molecule has 0 heterocycles. The second-order valence-corrected chi connectivity index (χ2v) is 5.65. The first-order chi connectivity index (χ1) is 12.2. The van der Waals surface area contributed by atoms with Crippen LogP contribution in [-0.2, 0) is 24.4 Å². The van der Waals surface area contributed by atoms with E-state index in [2.05, 4.69) is 46.8 Å². The van der Waals surface area contributed by atoms with E-state index in [0.717, 1.165) is 30.4 Å². The number of nitrogens with one attached hydrogen (secondary N) is 2. The van der Waals surface area contributed by atoms with E-state index in [1.807, 2.05) is 24.3 Å². The number of rotatable bonds is 8. The first kappa shape index (κ1) is 22.2. The fourth-order valence-electron chi connectivity index (χ4n) is 2.39. The number of hydrogen-bond acceptors (Lipinski definition) is 3. The second kappa shape index (κ2) is 12.5. The van der Waals surface area contributed by atoms with Crippen LogP contribution in [0.5, 0.6) is 5.75 Å². The summed E-state index contributed by atoms with van der Waals surface area (Å²) in [7, 11) is 3.38. The molecule has 2 aromatic carbocycles. The zero-order valence-electron chi connectivity index (χ0n) is 15.6. The smallest absolute Gasteiger partial charge is 0.191 e. The zero-order valence-corrected chi connectivity index (χ0v) is 17.9. The third-order valence-corrected chi connectivity index (χ3v) is 3.69. The van der Waals surface area contributed by atoms with Crippen molar-refractivity contribution in [3.63, 3.8) is 0 Å². The summed E-state index contributed by atoms with van der Waals surface area (Å²) in [5, 5.41) is 6.63. The minimum absolute atomic E-state index is 0. The largest absolute Gasteiger partial charge is 0.497 e. The quantitative estimate of drug-likeness (QED) is 0.352. The van der Waals surface area contributed by atoms with Crippen LogP contribution in [0.2, 0.25) is 0 Å². The Morgan fingerprint density at radius 3 is 2.35 bits per heavy atom. The van der Waals surface area contributed by atoms with Crippen LogP contribution < -0.4 is 15.4 Å². The van der Waals surface area contributed by atoms with Gasteiger partial charge in [0.05, 0.1) is 20.3 Å². The van der Waals surface area contributed by atoms with Gasteiger partial charge in [0, 0.05) is 20.2 Å². The van der Waals surface area contributed by atoms with Crippen LogP contribution in [0.4, 0.5) is 0 Å². The van der Waals surface area contributed by atoms with Crippen molar-refractivity contribution in [2.75, 3.05) is 20.8 Å². The highest BCUT2D eigenvalue weighted by Gasteiger charge is 2.00. The van der Waals surface area contributed by atoms with Gasteiger partial charge in [-0.05, 0) is 35.7 Å². The fourth-order valence-corrected chi connectivity index (χ4v) is 2.39. The summed E-state index contributed by atoms with van der Waals surface area (Å²) in [6.45, 7) is 4.83. The Kier molecular flexibility index (Phi) is 10.7. The van der Waals surface area contributed by atoms with Gasteiger partial charge in [-0.2, -0.15) is 0 Å². The molecule has 0 bridgehead atoms. The van der Waals surface area contributed by atoms with Gasteiger partial charge in [-0.15, -0.1) is 24.0 Å². The normalized spacial score (nSPS) is 10.8. The van der Waals surface area contributed by atoms with Crippen molar-refractivity contribution in [3.8, 4) is 5.75 Å². The monoisotopic (exact) mass is 469 g/mol. The van der Waals surface area contributed by atoms with Crippen molar-refractivity contribution in [1.29, 1.82) is 0 Å². The van der Waals surface area contributed by atoms with Gasteiger partial charge in [-0.3, -0.25) is 0 Å².